The largest absolute Gasteiger partial charge is 0.480 e. The van der Waals surface area contributed by atoms with Gasteiger partial charge in [-0.05, 0) is 26.3 Å². The number of hydrogen-bond donors (Lipinski definition) is 2. The van der Waals surface area contributed by atoms with Gasteiger partial charge in [0.25, 0.3) is 0 Å². The number of anilines is 2. The molecule has 0 aromatic carbocycles. The zero-order chi connectivity index (χ0) is 19.1. The molecule has 27 heavy (non-hydrogen) atoms. The van der Waals surface area contributed by atoms with E-state index in [-0.39, 0.29) is 6.04 Å². The number of aryl methyl sites for hydroxylation is 1. The Labute approximate surface area is 160 Å². The number of pyridine rings is 1. The Morgan fingerprint density at radius 3 is 2.85 bits per heavy atom. The van der Waals surface area contributed by atoms with Crippen molar-refractivity contribution in [2.24, 2.45) is 0 Å². The van der Waals surface area contributed by atoms with E-state index in [1.807, 2.05) is 26.8 Å². The summed E-state index contributed by atoms with van der Waals surface area (Å²) in [5, 5.41) is 12.7. The van der Waals surface area contributed by atoms with Gasteiger partial charge in [0.15, 0.2) is 5.65 Å². The Hall–Kier alpha value is -2.94. The summed E-state index contributed by atoms with van der Waals surface area (Å²) >= 11 is 6.41. The molecule has 0 aliphatic carbocycles. The molecule has 0 atom stereocenters. The van der Waals surface area contributed by atoms with Gasteiger partial charge in [-0.15, -0.1) is 5.10 Å². The number of H-pyrrole nitrogens is 1. The summed E-state index contributed by atoms with van der Waals surface area (Å²) in [6, 6.07) is 2.04. The lowest BCUT2D eigenvalue weighted by atomic mass is 10.3. The summed E-state index contributed by atoms with van der Waals surface area (Å²) in [5.41, 5.74) is 3.63. The first-order valence-corrected chi connectivity index (χ1v) is 8.99. The summed E-state index contributed by atoms with van der Waals surface area (Å²) in [6.07, 6.45) is 2.46. The van der Waals surface area contributed by atoms with Crippen molar-refractivity contribution < 1.29 is 4.74 Å². The van der Waals surface area contributed by atoms with Crippen LogP contribution in [-0.2, 0) is 6.42 Å². The molecular formula is C17H19ClN8O. The normalized spacial score (nSPS) is 11.6. The van der Waals surface area contributed by atoms with Gasteiger partial charge in [0.2, 0.25) is 11.8 Å². The van der Waals surface area contributed by atoms with Crippen molar-refractivity contribution in [1.82, 2.24) is 34.9 Å². The molecule has 0 amide bonds. The minimum absolute atomic E-state index is 0.182. The Morgan fingerprint density at radius 2 is 2.15 bits per heavy atom. The van der Waals surface area contributed by atoms with E-state index < -0.39 is 0 Å². The van der Waals surface area contributed by atoms with Gasteiger partial charge in [0.05, 0.1) is 35.4 Å². The van der Waals surface area contributed by atoms with Gasteiger partial charge < -0.3 is 15.0 Å². The fourth-order valence-corrected chi connectivity index (χ4v) is 3.26. The highest BCUT2D eigenvalue weighted by atomic mass is 35.5. The number of fused-ring (bicyclic) bond motifs is 2. The van der Waals surface area contributed by atoms with Crippen molar-refractivity contribution >= 4 is 45.4 Å². The van der Waals surface area contributed by atoms with Crippen molar-refractivity contribution in [3.05, 3.63) is 23.0 Å². The molecule has 0 spiro atoms. The standard InChI is InChI=1S/C17H19ClN8O/c1-5-10-13(18)12-14(21-10)22-17(23-16(12)27-4)20-9-6-11-15(19-7-9)26(8(2)3)25-24-11/h6-8H,5H2,1-4H3,(H2,20,21,22,23). The van der Waals surface area contributed by atoms with Crippen LogP contribution in [0.4, 0.5) is 11.6 Å². The van der Waals surface area contributed by atoms with Crippen molar-refractivity contribution in [3.63, 3.8) is 0 Å². The van der Waals surface area contributed by atoms with E-state index in [1.165, 1.54) is 0 Å². The summed E-state index contributed by atoms with van der Waals surface area (Å²) < 4.78 is 7.18. The fourth-order valence-electron chi connectivity index (χ4n) is 2.90. The van der Waals surface area contributed by atoms with Gasteiger partial charge in [-0.25, -0.2) is 9.67 Å². The number of aromatic nitrogens is 7. The SMILES string of the molecule is CCc1[nH]c2nc(Nc3cnc4c(c3)nnn4C(C)C)nc(OC)c2c1Cl. The van der Waals surface area contributed by atoms with Gasteiger partial charge in [-0.1, -0.05) is 23.7 Å². The molecule has 4 aromatic heterocycles. The highest BCUT2D eigenvalue weighted by Crippen LogP contribution is 2.34. The van der Waals surface area contributed by atoms with Crippen LogP contribution in [0.5, 0.6) is 5.88 Å². The number of nitrogens with one attached hydrogen (secondary N) is 2. The third-order valence-corrected chi connectivity index (χ3v) is 4.65. The Morgan fingerprint density at radius 1 is 1.33 bits per heavy atom. The van der Waals surface area contributed by atoms with Crippen molar-refractivity contribution in [3.8, 4) is 5.88 Å². The number of aromatic amines is 1. The second kappa shape index (κ2) is 6.66. The number of rotatable bonds is 5. The van der Waals surface area contributed by atoms with Crippen LogP contribution in [0.2, 0.25) is 5.02 Å². The topological polar surface area (TPSA) is 106 Å². The second-order valence-electron chi connectivity index (χ2n) is 6.37. The van der Waals surface area contributed by atoms with E-state index in [4.69, 9.17) is 16.3 Å². The van der Waals surface area contributed by atoms with E-state index in [1.54, 1.807) is 18.0 Å². The Kier molecular flexibility index (Phi) is 4.31. The monoisotopic (exact) mass is 386 g/mol. The first kappa shape index (κ1) is 17.5. The molecule has 4 aromatic rings. The van der Waals surface area contributed by atoms with Gasteiger partial charge in [-0.3, -0.25) is 0 Å². The predicted octanol–water partition coefficient (Wildman–Crippen LogP) is 3.65. The van der Waals surface area contributed by atoms with Crippen molar-refractivity contribution in [2.75, 3.05) is 12.4 Å². The van der Waals surface area contributed by atoms with E-state index >= 15 is 0 Å². The molecule has 0 aliphatic heterocycles. The quantitative estimate of drug-likeness (QED) is 0.539. The molecule has 140 valence electrons. The first-order valence-electron chi connectivity index (χ1n) is 8.61. The lowest BCUT2D eigenvalue weighted by Gasteiger charge is -2.08. The highest BCUT2D eigenvalue weighted by molar-refractivity contribution is 6.36. The van der Waals surface area contributed by atoms with Gasteiger partial charge >= 0.3 is 0 Å². The average molecular weight is 387 g/mol. The molecule has 0 fully saturated rings. The van der Waals surface area contributed by atoms with E-state index in [0.717, 1.165) is 17.8 Å². The maximum atomic E-state index is 6.41. The third kappa shape index (κ3) is 2.93. The van der Waals surface area contributed by atoms with Crippen LogP contribution in [-0.4, -0.2) is 42.0 Å². The van der Waals surface area contributed by atoms with E-state index in [2.05, 4.69) is 35.6 Å². The van der Waals surface area contributed by atoms with Crippen LogP contribution in [0.3, 0.4) is 0 Å². The maximum absolute atomic E-state index is 6.41. The minimum atomic E-state index is 0.182. The number of hydrogen-bond acceptors (Lipinski definition) is 7. The van der Waals surface area contributed by atoms with Crippen molar-refractivity contribution in [2.45, 2.75) is 33.2 Å². The molecule has 0 radical (unpaired) electrons. The van der Waals surface area contributed by atoms with Crippen LogP contribution in [0.1, 0.15) is 32.5 Å². The molecule has 0 saturated heterocycles. The molecule has 0 aliphatic rings. The zero-order valence-corrected chi connectivity index (χ0v) is 16.2. The Bertz CT molecular complexity index is 1130. The predicted molar refractivity (Wildman–Crippen MR) is 104 cm³/mol. The molecule has 4 rings (SSSR count). The number of nitrogens with zero attached hydrogens (tertiary/aromatic N) is 6. The second-order valence-corrected chi connectivity index (χ2v) is 6.75. The van der Waals surface area contributed by atoms with Gasteiger partial charge in [-0.2, -0.15) is 9.97 Å². The highest BCUT2D eigenvalue weighted by Gasteiger charge is 2.17. The lowest BCUT2D eigenvalue weighted by Crippen LogP contribution is -2.04. The molecule has 10 heteroatoms. The molecule has 9 nitrogen and oxygen atoms in total. The third-order valence-electron chi connectivity index (χ3n) is 4.23. The molecule has 2 N–H and O–H groups in total. The van der Waals surface area contributed by atoms with Crippen LogP contribution in [0, 0.1) is 0 Å². The molecule has 0 saturated carbocycles. The zero-order valence-electron chi connectivity index (χ0n) is 15.4. The molecule has 0 bridgehead atoms. The smallest absolute Gasteiger partial charge is 0.232 e. The van der Waals surface area contributed by atoms with Crippen LogP contribution in [0.25, 0.3) is 22.2 Å². The molecular weight excluding hydrogens is 368 g/mol. The molecule has 4 heterocycles. The number of methoxy groups -OCH3 is 1. The summed E-state index contributed by atoms with van der Waals surface area (Å²) in [7, 11) is 1.55. The fraction of sp³-hybridized carbons (Fsp3) is 0.353. The summed E-state index contributed by atoms with van der Waals surface area (Å²) in [4.78, 5) is 16.6. The lowest BCUT2D eigenvalue weighted by molar-refractivity contribution is 0.403. The van der Waals surface area contributed by atoms with Crippen LogP contribution < -0.4 is 10.1 Å². The van der Waals surface area contributed by atoms with Crippen LogP contribution >= 0.6 is 11.6 Å². The first-order chi connectivity index (χ1) is 13.0. The van der Waals surface area contributed by atoms with E-state index in [9.17, 15) is 0 Å². The minimum Gasteiger partial charge on any atom is -0.480 e. The van der Waals surface area contributed by atoms with E-state index in [0.29, 0.717) is 39.1 Å². The number of ether oxygens (including phenoxy) is 1. The average Bonchev–Trinajstić information content (AvgIpc) is 3.22. The maximum Gasteiger partial charge on any atom is 0.232 e. The summed E-state index contributed by atoms with van der Waals surface area (Å²) in [6.45, 7) is 6.08. The van der Waals surface area contributed by atoms with Gasteiger partial charge in [0, 0.05) is 5.69 Å². The van der Waals surface area contributed by atoms with Gasteiger partial charge in [0.1, 0.15) is 11.2 Å². The van der Waals surface area contributed by atoms with Crippen molar-refractivity contribution in [1.29, 1.82) is 0 Å². The Balaban J connectivity index is 1.73. The summed E-state index contributed by atoms with van der Waals surface area (Å²) in [5.74, 6) is 0.778. The van der Waals surface area contributed by atoms with Crippen LogP contribution in [0.15, 0.2) is 12.3 Å². The molecule has 0 unspecified atom stereocenters. The number of halogens is 1.